The number of rotatable bonds is 4. The van der Waals surface area contributed by atoms with Crippen molar-refractivity contribution >= 4 is 23.4 Å². The Bertz CT molecular complexity index is 1160. The molecule has 1 atom stereocenters. The van der Waals surface area contributed by atoms with E-state index in [0.717, 1.165) is 11.1 Å². The summed E-state index contributed by atoms with van der Waals surface area (Å²) in [7, 11) is 0. The molecule has 2 aliphatic rings. The fraction of sp³-hybridized carbons (Fsp3) is 0.333. The standard InChI is InChI=1S/C24H24ClN5O3/c25-19-9-5-4-8-18(19)14-22(31)28-10-12-29(13-11-28)24(32)23-20-16-33-21(15-30(20)27-26-23)17-6-2-1-3-7-17/h1-9,21H,10-16H2/t21-/m1/s1. The molecule has 0 N–H and O–H groups in total. The van der Waals surface area contributed by atoms with Gasteiger partial charge in [0.1, 0.15) is 6.10 Å². The topological polar surface area (TPSA) is 80.6 Å². The van der Waals surface area contributed by atoms with Crippen LogP contribution in [0.2, 0.25) is 5.02 Å². The first-order valence-electron chi connectivity index (χ1n) is 11.0. The molecule has 1 saturated heterocycles. The Hall–Kier alpha value is -3.23. The van der Waals surface area contributed by atoms with Crippen molar-refractivity contribution in [2.24, 2.45) is 0 Å². The largest absolute Gasteiger partial charge is 0.365 e. The number of piperazine rings is 1. The van der Waals surface area contributed by atoms with Gasteiger partial charge in [-0.2, -0.15) is 0 Å². The van der Waals surface area contributed by atoms with Gasteiger partial charge in [0.15, 0.2) is 5.69 Å². The minimum atomic E-state index is -0.170. The zero-order valence-corrected chi connectivity index (χ0v) is 18.8. The van der Waals surface area contributed by atoms with Gasteiger partial charge in [0.05, 0.1) is 25.3 Å². The normalized spacial score (nSPS) is 18.2. The highest BCUT2D eigenvalue weighted by Gasteiger charge is 2.32. The number of amides is 2. The molecule has 2 aliphatic heterocycles. The summed E-state index contributed by atoms with van der Waals surface area (Å²) in [5.41, 5.74) is 2.91. The van der Waals surface area contributed by atoms with Crippen LogP contribution in [0.1, 0.15) is 33.4 Å². The van der Waals surface area contributed by atoms with Crippen LogP contribution in [0.15, 0.2) is 54.6 Å². The third kappa shape index (κ3) is 4.49. The lowest BCUT2D eigenvalue weighted by molar-refractivity contribution is -0.131. The Morgan fingerprint density at radius 3 is 2.42 bits per heavy atom. The van der Waals surface area contributed by atoms with Gasteiger partial charge in [-0.3, -0.25) is 9.59 Å². The van der Waals surface area contributed by atoms with Crippen LogP contribution >= 0.6 is 11.6 Å². The highest BCUT2D eigenvalue weighted by atomic mass is 35.5. The molecule has 33 heavy (non-hydrogen) atoms. The molecule has 9 heteroatoms. The monoisotopic (exact) mass is 465 g/mol. The molecule has 0 aliphatic carbocycles. The molecule has 8 nitrogen and oxygen atoms in total. The molecular weight excluding hydrogens is 442 g/mol. The fourth-order valence-electron chi connectivity index (χ4n) is 4.27. The van der Waals surface area contributed by atoms with Gasteiger partial charge in [0, 0.05) is 31.2 Å². The Morgan fingerprint density at radius 2 is 1.67 bits per heavy atom. The van der Waals surface area contributed by atoms with Crippen molar-refractivity contribution in [2.45, 2.75) is 25.7 Å². The zero-order valence-electron chi connectivity index (χ0n) is 18.1. The average Bonchev–Trinajstić information content (AvgIpc) is 3.29. The van der Waals surface area contributed by atoms with E-state index in [0.29, 0.717) is 49.1 Å². The van der Waals surface area contributed by atoms with Gasteiger partial charge < -0.3 is 14.5 Å². The summed E-state index contributed by atoms with van der Waals surface area (Å²) < 4.78 is 7.77. The van der Waals surface area contributed by atoms with Crippen LogP contribution in [0.4, 0.5) is 0 Å². The molecule has 0 unspecified atom stereocenters. The maximum Gasteiger partial charge on any atom is 0.276 e. The number of aromatic nitrogens is 3. The summed E-state index contributed by atoms with van der Waals surface area (Å²) in [5.74, 6) is -0.159. The van der Waals surface area contributed by atoms with Gasteiger partial charge in [0.25, 0.3) is 5.91 Å². The van der Waals surface area contributed by atoms with Crippen LogP contribution in [0.5, 0.6) is 0 Å². The molecule has 5 rings (SSSR count). The molecule has 170 valence electrons. The van der Waals surface area contributed by atoms with E-state index in [2.05, 4.69) is 10.3 Å². The minimum Gasteiger partial charge on any atom is -0.365 e. The predicted molar refractivity (Wildman–Crippen MR) is 122 cm³/mol. The lowest BCUT2D eigenvalue weighted by atomic mass is 10.1. The summed E-state index contributed by atoms with van der Waals surface area (Å²) >= 11 is 6.18. The Balaban J connectivity index is 1.20. The van der Waals surface area contributed by atoms with E-state index in [9.17, 15) is 9.59 Å². The van der Waals surface area contributed by atoms with Gasteiger partial charge in [-0.05, 0) is 17.2 Å². The maximum atomic E-state index is 13.1. The van der Waals surface area contributed by atoms with Gasteiger partial charge >= 0.3 is 0 Å². The van der Waals surface area contributed by atoms with Crippen molar-refractivity contribution in [1.82, 2.24) is 24.8 Å². The van der Waals surface area contributed by atoms with E-state index >= 15 is 0 Å². The number of hydrogen-bond acceptors (Lipinski definition) is 5. The average molecular weight is 466 g/mol. The molecule has 0 saturated carbocycles. The van der Waals surface area contributed by atoms with E-state index < -0.39 is 0 Å². The van der Waals surface area contributed by atoms with Crippen LogP contribution in [-0.2, 0) is 29.1 Å². The van der Waals surface area contributed by atoms with Crippen molar-refractivity contribution in [3.63, 3.8) is 0 Å². The minimum absolute atomic E-state index is 0.0107. The lowest BCUT2D eigenvalue weighted by Gasteiger charge is -2.34. The smallest absolute Gasteiger partial charge is 0.276 e. The number of nitrogens with zero attached hydrogens (tertiary/aromatic N) is 5. The third-order valence-corrected chi connectivity index (χ3v) is 6.56. The van der Waals surface area contributed by atoms with Crippen molar-refractivity contribution < 1.29 is 14.3 Å². The summed E-state index contributed by atoms with van der Waals surface area (Å²) in [5, 5.41) is 8.97. The molecule has 0 radical (unpaired) electrons. The lowest BCUT2D eigenvalue weighted by Crippen LogP contribution is -2.51. The van der Waals surface area contributed by atoms with E-state index in [1.807, 2.05) is 48.5 Å². The van der Waals surface area contributed by atoms with E-state index in [1.165, 1.54) is 0 Å². The van der Waals surface area contributed by atoms with Crippen molar-refractivity contribution in [1.29, 1.82) is 0 Å². The molecule has 2 aromatic carbocycles. The Kier molecular flexibility index (Phi) is 6.11. The second-order valence-corrected chi connectivity index (χ2v) is 8.63. The summed E-state index contributed by atoms with van der Waals surface area (Å²) in [4.78, 5) is 29.3. The number of hydrogen-bond donors (Lipinski definition) is 0. The molecule has 3 aromatic rings. The third-order valence-electron chi connectivity index (χ3n) is 6.19. The van der Waals surface area contributed by atoms with Crippen molar-refractivity contribution in [3.05, 3.63) is 82.1 Å². The quantitative estimate of drug-likeness (QED) is 0.592. The number of fused-ring (bicyclic) bond motifs is 1. The predicted octanol–water partition coefficient (Wildman–Crippen LogP) is 2.73. The Labute approximate surface area is 196 Å². The van der Waals surface area contributed by atoms with Crippen LogP contribution in [0.3, 0.4) is 0 Å². The summed E-state index contributed by atoms with van der Waals surface area (Å²) in [6.45, 7) is 2.66. The first kappa shape index (κ1) is 21.6. The zero-order chi connectivity index (χ0) is 22.8. The van der Waals surface area contributed by atoms with E-state index in [-0.39, 0.29) is 30.9 Å². The second kappa shape index (κ2) is 9.33. The molecule has 1 fully saturated rings. The van der Waals surface area contributed by atoms with Gasteiger partial charge in [-0.15, -0.1) is 5.10 Å². The van der Waals surface area contributed by atoms with Crippen LogP contribution in [0, 0.1) is 0 Å². The number of carbonyl (C=O) groups excluding carboxylic acids is 2. The first-order chi connectivity index (χ1) is 16.1. The van der Waals surface area contributed by atoms with E-state index in [4.69, 9.17) is 16.3 Å². The van der Waals surface area contributed by atoms with Gasteiger partial charge in [-0.1, -0.05) is 65.3 Å². The second-order valence-electron chi connectivity index (χ2n) is 8.22. The van der Waals surface area contributed by atoms with Gasteiger partial charge in [0.2, 0.25) is 5.91 Å². The maximum absolute atomic E-state index is 13.1. The van der Waals surface area contributed by atoms with Crippen LogP contribution in [0.25, 0.3) is 0 Å². The summed E-state index contributed by atoms with van der Waals surface area (Å²) in [6.07, 6.45) is 0.141. The fourth-order valence-corrected chi connectivity index (χ4v) is 4.47. The molecule has 3 heterocycles. The Morgan fingerprint density at radius 1 is 0.970 bits per heavy atom. The van der Waals surface area contributed by atoms with E-state index in [1.54, 1.807) is 20.5 Å². The molecule has 0 spiro atoms. The molecule has 2 amide bonds. The molecule has 0 bridgehead atoms. The summed E-state index contributed by atoms with van der Waals surface area (Å²) in [6, 6.07) is 17.3. The van der Waals surface area contributed by atoms with Crippen molar-refractivity contribution in [2.75, 3.05) is 26.2 Å². The number of halogens is 1. The first-order valence-corrected chi connectivity index (χ1v) is 11.4. The van der Waals surface area contributed by atoms with Crippen LogP contribution in [-0.4, -0.2) is 62.8 Å². The SMILES string of the molecule is O=C(Cc1ccccc1Cl)N1CCN(C(=O)c2nnn3c2CO[C@@H](c2ccccc2)C3)CC1. The highest BCUT2D eigenvalue weighted by molar-refractivity contribution is 6.31. The number of ether oxygens (including phenoxy) is 1. The molecular formula is C24H24ClN5O3. The van der Waals surface area contributed by atoms with Crippen LogP contribution < -0.4 is 0 Å². The van der Waals surface area contributed by atoms with Crippen molar-refractivity contribution in [3.8, 4) is 0 Å². The number of benzene rings is 2. The highest BCUT2D eigenvalue weighted by Crippen LogP contribution is 2.27. The van der Waals surface area contributed by atoms with Gasteiger partial charge in [-0.25, -0.2) is 4.68 Å². The molecule has 1 aromatic heterocycles. The number of carbonyl (C=O) groups is 2.